The minimum absolute atomic E-state index is 0.234. The van der Waals surface area contributed by atoms with Crippen LogP contribution in [0.3, 0.4) is 0 Å². The Morgan fingerprint density at radius 2 is 2.00 bits per heavy atom. The van der Waals surface area contributed by atoms with Gasteiger partial charge in [-0.25, -0.2) is 4.99 Å². The van der Waals surface area contributed by atoms with Gasteiger partial charge in [-0.2, -0.15) is 13.2 Å². The molecule has 1 aromatic carbocycles. The van der Waals surface area contributed by atoms with Gasteiger partial charge < -0.3 is 9.67 Å². The molecule has 0 fully saturated rings. The molecular formula is C19H16F3N3O. The highest BCUT2D eigenvalue weighted by Crippen LogP contribution is 2.33. The Morgan fingerprint density at radius 3 is 2.69 bits per heavy atom. The number of benzene rings is 1. The number of aliphatic imine (C=N–C) groups is 1. The summed E-state index contributed by atoms with van der Waals surface area (Å²) in [6.07, 6.45) is 1.72. The predicted molar refractivity (Wildman–Crippen MR) is 97.2 cm³/mol. The van der Waals surface area contributed by atoms with Crippen LogP contribution < -0.4 is 0 Å². The molecule has 0 spiro atoms. The van der Waals surface area contributed by atoms with Crippen molar-refractivity contribution in [2.45, 2.75) is 19.6 Å². The van der Waals surface area contributed by atoms with Crippen LogP contribution in [-0.2, 0) is 6.54 Å². The Morgan fingerprint density at radius 1 is 1.23 bits per heavy atom. The molecule has 3 rings (SSSR count). The van der Waals surface area contributed by atoms with Gasteiger partial charge in [0.15, 0.2) is 0 Å². The van der Waals surface area contributed by atoms with Gasteiger partial charge in [0.2, 0.25) is 5.88 Å². The Kier molecular flexibility index (Phi) is 4.54. The summed E-state index contributed by atoms with van der Waals surface area (Å²) in [5.74, 6) is -0.234. The highest BCUT2D eigenvalue weighted by atomic mass is 19.4. The quantitative estimate of drug-likeness (QED) is 0.393. The van der Waals surface area contributed by atoms with Crippen molar-refractivity contribution in [1.82, 2.24) is 9.55 Å². The molecule has 0 aliphatic carbocycles. The molecular weight excluding hydrogens is 343 g/mol. The molecule has 0 amide bonds. The van der Waals surface area contributed by atoms with Crippen LogP contribution in [0.15, 0.2) is 59.7 Å². The third-order valence-electron chi connectivity index (χ3n) is 4.10. The van der Waals surface area contributed by atoms with E-state index < -0.39 is 12.7 Å². The number of aliphatic hydroxyl groups is 1. The van der Waals surface area contributed by atoms with Crippen LogP contribution >= 0.6 is 0 Å². The van der Waals surface area contributed by atoms with Gasteiger partial charge in [-0.3, -0.25) is 4.98 Å². The first-order valence-electron chi connectivity index (χ1n) is 7.77. The summed E-state index contributed by atoms with van der Waals surface area (Å²) >= 11 is 0. The number of fused-ring (bicyclic) bond motifs is 3. The number of halogens is 3. The molecule has 26 heavy (non-hydrogen) atoms. The van der Waals surface area contributed by atoms with Crippen LogP contribution in [0.5, 0.6) is 0 Å². The Balaban J connectivity index is 2.21. The van der Waals surface area contributed by atoms with Crippen molar-refractivity contribution >= 4 is 34.1 Å². The van der Waals surface area contributed by atoms with Gasteiger partial charge in [-0.05, 0) is 36.9 Å². The van der Waals surface area contributed by atoms with Crippen molar-refractivity contribution in [1.29, 1.82) is 0 Å². The van der Waals surface area contributed by atoms with Crippen molar-refractivity contribution in [3.8, 4) is 0 Å². The van der Waals surface area contributed by atoms with Crippen molar-refractivity contribution in [3.05, 3.63) is 60.3 Å². The maximum Gasteiger partial charge on any atom is 0.406 e. The van der Waals surface area contributed by atoms with Crippen LogP contribution in [0.25, 0.3) is 27.4 Å². The molecule has 3 aromatic rings. The summed E-state index contributed by atoms with van der Waals surface area (Å²) in [7, 11) is 0. The smallest absolute Gasteiger partial charge is 0.406 e. The second-order valence-corrected chi connectivity index (χ2v) is 5.86. The van der Waals surface area contributed by atoms with Gasteiger partial charge in [0.05, 0.1) is 11.0 Å². The fraction of sp³-hybridized carbons (Fsp3) is 0.158. The lowest BCUT2D eigenvalue weighted by atomic mass is 10.0. The molecule has 2 aromatic heterocycles. The average molecular weight is 359 g/mol. The molecule has 0 saturated heterocycles. The van der Waals surface area contributed by atoms with E-state index in [1.54, 1.807) is 37.4 Å². The molecule has 134 valence electrons. The molecule has 0 unspecified atom stereocenters. The second kappa shape index (κ2) is 6.67. The van der Waals surface area contributed by atoms with Crippen LogP contribution in [0, 0.1) is 0 Å². The van der Waals surface area contributed by atoms with Crippen molar-refractivity contribution in [2.24, 2.45) is 4.99 Å². The van der Waals surface area contributed by atoms with Gasteiger partial charge >= 0.3 is 6.18 Å². The van der Waals surface area contributed by atoms with Crippen molar-refractivity contribution in [3.63, 3.8) is 0 Å². The van der Waals surface area contributed by atoms with E-state index in [1.807, 2.05) is 6.07 Å². The number of aliphatic hydroxyl groups excluding tert-OH is 1. The lowest BCUT2D eigenvalue weighted by Gasteiger charge is -2.11. The molecule has 0 bridgehead atoms. The van der Waals surface area contributed by atoms with Gasteiger partial charge in [0, 0.05) is 29.2 Å². The Hall–Kier alpha value is -3.09. The Labute approximate surface area is 147 Å². The Bertz CT molecular complexity index is 1050. The van der Waals surface area contributed by atoms with Gasteiger partial charge in [-0.15, -0.1) is 0 Å². The second-order valence-electron chi connectivity index (χ2n) is 5.86. The van der Waals surface area contributed by atoms with Crippen molar-refractivity contribution < 1.29 is 18.3 Å². The van der Waals surface area contributed by atoms with E-state index >= 15 is 0 Å². The summed E-state index contributed by atoms with van der Waals surface area (Å²) in [5, 5.41) is 10.7. The van der Waals surface area contributed by atoms with E-state index in [2.05, 4.69) is 16.7 Å². The first-order valence-corrected chi connectivity index (χ1v) is 7.77. The largest absolute Gasteiger partial charge is 0.493 e. The topological polar surface area (TPSA) is 50.4 Å². The van der Waals surface area contributed by atoms with E-state index in [-0.39, 0.29) is 5.88 Å². The van der Waals surface area contributed by atoms with Crippen molar-refractivity contribution in [2.75, 3.05) is 0 Å². The average Bonchev–Trinajstić information content (AvgIpc) is 2.91. The number of rotatable bonds is 4. The first kappa shape index (κ1) is 17.7. The number of aromatic nitrogens is 2. The van der Waals surface area contributed by atoms with Gasteiger partial charge in [0.25, 0.3) is 0 Å². The highest BCUT2D eigenvalue weighted by Gasteiger charge is 2.29. The molecule has 0 atom stereocenters. The molecule has 2 heterocycles. The SMILES string of the molecule is C=N/C(O)=C\C=C(/C)c1ccc2c3cnccc3n(CC(F)(F)F)c2c1. The number of hydrogen-bond acceptors (Lipinski definition) is 3. The summed E-state index contributed by atoms with van der Waals surface area (Å²) in [5.41, 5.74) is 2.47. The predicted octanol–water partition coefficient (Wildman–Crippen LogP) is 5.26. The molecule has 1 N–H and O–H groups in total. The first-order chi connectivity index (χ1) is 12.3. The maximum absolute atomic E-state index is 13.1. The van der Waals surface area contributed by atoms with Gasteiger partial charge in [-0.1, -0.05) is 18.2 Å². The molecule has 0 saturated carbocycles. The van der Waals surface area contributed by atoms with Crippen LogP contribution in [-0.4, -0.2) is 27.6 Å². The number of hydrogen-bond donors (Lipinski definition) is 1. The third-order valence-corrected chi connectivity index (χ3v) is 4.10. The lowest BCUT2D eigenvalue weighted by molar-refractivity contribution is -0.139. The third kappa shape index (κ3) is 3.46. The minimum atomic E-state index is -4.34. The molecule has 0 aliphatic heterocycles. The zero-order chi connectivity index (χ0) is 18.9. The molecule has 0 aliphatic rings. The molecule has 4 nitrogen and oxygen atoms in total. The lowest BCUT2D eigenvalue weighted by Crippen LogP contribution is -2.17. The number of nitrogens with zero attached hydrogens (tertiary/aromatic N) is 3. The summed E-state index contributed by atoms with van der Waals surface area (Å²) < 4.78 is 40.5. The monoisotopic (exact) mass is 359 g/mol. The summed E-state index contributed by atoms with van der Waals surface area (Å²) in [4.78, 5) is 7.40. The van der Waals surface area contributed by atoms with E-state index in [1.165, 1.54) is 16.8 Å². The zero-order valence-corrected chi connectivity index (χ0v) is 14.0. The molecule has 7 heteroatoms. The minimum Gasteiger partial charge on any atom is -0.493 e. The number of alkyl halides is 3. The van der Waals surface area contributed by atoms with Crippen LogP contribution in [0.2, 0.25) is 0 Å². The number of allylic oxidation sites excluding steroid dienone is 3. The van der Waals surface area contributed by atoms with Crippen LogP contribution in [0.1, 0.15) is 12.5 Å². The fourth-order valence-electron chi connectivity index (χ4n) is 2.89. The molecule has 0 radical (unpaired) electrons. The van der Waals surface area contributed by atoms with E-state index in [0.717, 1.165) is 11.1 Å². The highest BCUT2D eigenvalue weighted by molar-refractivity contribution is 6.08. The van der Waals surface area contributed by atoms with E-state index in [0.29, 0.717) is 21.8 Å². The van der Waals surface area contributed by atoms with Crippen LogP contribution in [0.4, 0.5) is 13.2 Å². The summed E-state index contributed by atoms with van der Waals surface area (Å²) in [6.45, 7) is 3.93. The standard InChI is InChI=1S/C19H16F3N3O/c1-12(3-6-18(26)23-2)13-4-5-14-15-10-24-8-7-16(15)25(17(14)9-13)11-19(20,21)22/h3-10,26H,2,11H2,1H3/b12-3+,18-6+. The fourth-order valence-corrected chi connectivity index (χ4v) is 2.89. The van der Waals surface area contributed by atoms with E-state index in [4.69, 9.17) is 0 Å². The zero-order valence-electron chi connectivity index (χ0n) is 14.0. The maximum atomic E-state index is 13.1. The number of pyridine rings is 1. The summed E-state index contributed by atoms with van der Waals surface area (Å²) in [6, 6.07) is 6.90. The van der Waals surface area contributed by atoms with E-state index in [9.17, 15) is 18.3 Å². The van der Waals surface area contributed by atoms with Gasteiger partial charge in [0.1, 0.15) is 6.54 Å². The normalized spacial score (nSPS) is 13.5.